The Morgan fingerprint density at radius 3 is 2.78 bits per heavy atom. The Morgan fingerprint density at radius 2 is 2.17 bits per heavy atom. The van der Waals surface area contributed by atoms with Crippen LogP contribution >= 0.6 is 0 Å². The van der Waals surface area contributed by atoms with Gasteiger partial charge in [0, 0.05) is 44.4 Å². The smallest absolute Gasteiger partial charge is 0.290 e. The quantitative estimate of drug-likeness (QED) is 0.895. The lowest BCUT2D eigenvalue weighted by Gasteiger charge is -2.19. The van der Waals surface area contributed by atoms with E-state index >= 15 is 0 Å². The second kappa shape index (κ2) is 6.11. The Balaban J connectivity index is 1.69. The SMILES string of the molecule is Cc1nn(C)c(C)c1[C@H]1OCC[C@@H]1CNC(=O)c1ncn(C)n1. The van der Waals surface area contributed by atoms with Gasteiger partial charge in [0.25, 0.3) is 5.91 Å². The zero-order valence-electron chi connectivity index (χ0n) is 13.9. The fraction of sp³-hybridized carbons (Fsp3) is 0.600. The third kappa shape index (κ3) is 2.98. The van der Waals surface area contributed by atoms with Gasteiger partial charge < -0.3 is 10.1 Å². The van der Waals surface area contributed by atoms with Crippen LogP contribution in [0.1, 0.15) is 40.1 Å². The van der Waals surface area contributed by atoms with Crippen molar-refractivity contribution in [3.05, 3.63) is 29.1 Å². The topological polar surface area (TPSA) is 86.9 Å². The van der Waals surface area contributed by atoms with Gasteiger partial charge in [-0.15, -0.1) is 5.10 Å². The lowest BCUT2D eigenvalue weighted by Crippen LogP contribution is -2.31. The molecule has 23 heavy (non-hydrogen) atoms. The van der Waals surface area contributed by atoms with Gasteiger partial charge in [-0.2, -0.15) is 5.10 Å². The summed E-state index contributed by atoms with van der Waals surface area (Å²) in [5.74, 6) is 0.164. The molecule has 0 unspecified atom stereocenters. The van der Waals surface area contributed by atoms with Crippen LogP contribution in [0.5, 0.6) is 0 Å². The molecule has 0 aliphatic carbocycles. The summed E-state index contributed by atoms with van der Waals surface area (Å²) in [6.07, 6.45) is 2.40. The monoisotopic (exact) mass is 318 g/mol. The van der Waals surface area contributed by atoms with Crippen molar-refractivity contribution in [3.63, 3.8) is 0 Å². The van der Waals surface area contributed by atoms with Crippen molar-refractivity contribution in [1.29, 1.82) is 0 Å². The van der Waals surface area contributed by atoms with Crippen LogP contribution in [-0.2, 0) is 18.8 Å². The molecule has 3 heterocycles. The molecule has 0 saturated carbocycles. The van der Waals surface area contributed by atoms with E-state index in [9.17, 15) is 4.79 Å². The van der Waals surface area contributed by atoms with Crippen molar-refractivity contribution in [1.82, 2.24) is 29.9 Å². The van der Waals surface area contributed by atoms with Crippen LogP contribution in [0.25, 0.3) is 0 Å². The molecule has 0 bridgehead atoms. The van der Waals surface area contributed by atoms with E-state index in [0.29, 0.717) is 13.2 Å². The molecule has 124 valence electrons. The lowest BCUT2D eigenvalue weighted by molar-refractivity contribution is 0.0835. The molecule has 1 aliphatic rings. The summed E-state index contributed by atoms with van der Waals surface area (Å²) in [4.78, 5) is 16.1. The molecule has 0 aromatic carbocycles. The molecule has 8 heteroatoms. The van der Waals surface area contributed by atoms with Crippen molar-refractivity contribution in [2.45, 2.75) is 26.4 Å². The van der Waals surface area contributed by atoms with E-state index < -0.39 is 0 Å². The number of carbonyl (C=O) groups excluding carboxylic acids is 1. The van der Waals surface area contributed by atoms with Crippen LogP contribution < -0.4 is 5.32 Å². The number of aromatic nitrogens is 5. The Bertz CT molecular complexity index is 720. The number of amides is 1. The Morgan fingerprint density at radius 1 is 1.39 bits per heavy atom. The van der Waals surface area contributed by atoms with Gasteiger partial charge >= 0.3 is 0 Å². The molecule has 1 aliphatic heterocycles. The molecule has 2 atom stereocenters. The molecule has 1 amide bonds. The number of nitrogens with one attached hydrogen (secondary N) is 1. The highest BCUT2D eigenvalue weighted by Crippen LogP contribution is 2.37. The third-order valence-corrected chi connectivity index (χ3v) is 4.39. The van der Waals surface area contributed by atoms with Crippen molar-refractivity contribution in [3.8, 4) is 0 Å². The van der Waals surface area contributed by atoms with E-state index in [1.54, 1.807) is 7.05 Å². The summed E-state index contributed by atoms with van der Waals surface area (Å²) in [7, 11) is 3.67. The number of hydrogen-bond acceptors (Lipinski definition) is 5. The Kier molecular flexibility index (Phi) is 4.16. The summed E-state index contributed by atoms with van der Waals surface area (Å²) in [5, 5.41) is 11.4. The fourth-order valence-electron chi connectivity index (χ4n) is 3.11. The highest BCUT2D eigenvalue weighted by Gasteiger charge is 2.33. The van der Waals surface area contributed by atoms with Crippen LogP contribution in [0.2, 0.25) is 0 Å². The average Bonchev–Trinajstić information content (AvgIpc) is 3.18. The molecular formula is C15H22N6O2. The van der Waals surface area contributed by atoms with Crippen molar-refractivity contribution in [2.75, 3.05) is 13.2 Å². The molecule has 0 spiro atoms. The molecule has 1 saturated heterocycles. The summed E-state index contributed by atoms with van der Waals surface area (Å²) >= 11 is 0. The van der Waals surface area contributed by atoms with Gasteiger partial charge in [-0.1, -0.05) is 0 Å². The van der Waals surface area contributed by atoms with Crippen LogP contribution in [-0.4, -0.2) is 43.6 Å². The van der Waals surface area contributed by atoms with Gasteiger partial charge in [0.15, 0.2) is 0 Å². The minimum Gasteiger partial charge on any atom is -0.373 e. The fourth-order valence-corrected chi connectivity index (χ4v) is 3.11. The van der Waals surface area contributed by atoms with Crippen molar-refractivity contribution >= 4 is 5.91 Å². The van der Waals surface area contributed by atoms with E-state index in [2.05, 4.69) is 20.5 Å². The van der Waals surface area contributed by atoms with Crippen molar-refractivity contribution in [2.24, 2.45) is 20.0 Å². The predicted molar refractivity (Wildman–Crippen MR) is 82.8 cm³/mol. The lowest BCUT2D eigenvalue weighted by atomic mass is 9.94. The molecule has 2 aromatic rings. The molecule has 3 rings (SSSR count). The normalized spacial score (nSPS) is 20.9. The second-order valence-electron chi connectivity index (χ2n) is 6.00. The highest BCUT2D eigenvalue weighted by atomic mass is 16.5. The van der Waals surface area contributed by atoms with Gasteiger partial charge in [-0.3, -0.25) is 14.2 Å². The van der Waals surface area contributed by atoms with Crippen LogP contribution in [0, 0.1) is 19.8 Å². The van der Waals surface area contributed by atoms with E-state index in [4.69, 9.17) is 4.74 Å². The Labute approximate surface area is 134 Å². The van der Waals surface area contributed by atoms with Crippen molar-refractivity contribution < 1.29 is 9.53 Å². The molecule has 1 N–H and O–H groups in total. The number of carbonyl (C=O) groups is 1. The highest BCUT2D eigenvalue weighted by molar-refractivity contribution is 5.90. The third-order valence-electron chi connectivity index (χ3n) is 4.39. The van der Waals surface area contributed by atoms with Gasteiger partial charge in [-0.05, 0) is 20.3 Å². The predicted octanol–water partition coefficient (Wildman–Crippen LogP) is 0.673. The average molecular weight is 318 g/mol. The first-order chi connectivity index (χ1) is 11.0. The minimum atomic E-state index is -0.254. The molecule has 2 aromatic heterocycles. The summed E-state index contributed by atoms with van der Waals surface area (Å²) < 4.78 is 9.32. The second-order valence-corrected chi connectivity index (χ2v) is 6.00. The molecule has 8 nitrogen and oxygen atoms in total. The number of aryl methyl sites for hydroxylation is 3. The van der Waals surface area contributed by atoms with E-state index in [0.717, 1.165) is 23.4 Å². The maximum atomic E-state index is 12.1. The molecule has 0 radical (unpaired) electrons. The maximum absolute atomic E-state index is 12.1. The summed E-state index contributed by atoms with van der Waals surface area (Å²) in [6.45, 7) is 5.28. The van der Waals surface area contributed by atoms with Gasteiger partial charge in [-0.25, -0.2) is 4.98 Å². The van der Waals surface area contributed by atoms with Crippen LogP contribution in [0.4, 0.5) is 0 Å². The zero-order chi connectivity index (χ0) is 16.6. The number of rotatable bonds is 4. The number of ether oxygens (including phenoxy) is 1. The zero-order valence-corrected chi connectivity index (χ0v) is 13.9. The largest absolute Gasteiger partial charge is 0.373 e. The summed E-state index contributed by atoms with van der Waals surface area (Å²) in [6, 6.07) is 0. The standard InChI is InChI=1S/C15H22N6O2/c1-9-12(10(2)21(4)18-9)13-11(5-6-23-13)7-16-15(22)14-17-8-20(3)19-14/h8,11,13H,5-7H2,1-4H3,(H,16,22)/t11-,13+/m1/s1. The van der Waals surface area contributed by atoms with Gasteiger partial charge in [0.1, 0.15) is 6.33 Å². The maximum Gasteiger partial charge on any atom is 0.290 e. The molecular weight excluding hydrogens is 296 g/mol. The van der Waals surface area contributed by atoms with Gasteiger partial charge in [0.05, 0.1) is 11.8 Å². The molecule has 1 fully saturated rings. The number of nitrogens with zero attached hydrogens (tertiary/aromatic N) is 5. The van der Waals surface area contributed by atoms with Crippen LogP contribution in [0.3, 0.4) is 0 Å². The Hall–Kier alpha value is -2.22. The van der Waals surface area contributed by atoms with Gasteiger partial charge in [0.2, 0.25) is 5.82 Å². The van der Waals surface area contributed by atoms with Crippen LogP contribution in [0.15, 0.2) is 6.33 Å². The van der Waals surface area contributed by atoms with E-state index in [1.165, 1.54) is 11.0 Å². The summed E-state index contributed by atoms with van der Waals surface area (Å²) in [5.41, 5.74) is 3.23. The first-order valence-electron chi connectivity index (χ1n) is 7.73. The minimum absolute atomic E-state index is 0.0271. The first-order valence-corrected chi connectivity index (χ1v) is 7.73. The number of hydrogen-bond donors (Lipinski definition) is 1. The van der Waals surface area contributed by atoms with E-state index in [-0.39, 0.29) is 23.8 Å². The van der Waals surface area contributed by atoms with E-state index in [1.807, 2.05) is 25.6 Å². The first kappa shape index (κ1) is 15.7.